The molecule has 0 amide bonds. The summed E-state index contributed by atoms with van der Waals surface area (Å²) in [5.74, 6) is -2.13. The Morgan fingerprint density at radius 3 is 2.00 bits per heavy atom. The van der Waals surface area contributed by atoms with Gasteiger partial charge < -0.3 is 33.5 Å². The van der Waals surface area contributed by atoms with E-state index < -0.39 is 54.8 Å². The molecule has 1 aliphatic rings. The fourth-order valence-corrected chi connectivity index (χ4v) is 2.66. The third-order valence-electron chi connectivity index (χ3n) is 3.24. The molecule has 0 aromatic heterocycles. The van der Waals surface area contributed by atoms with Gasteiger partial charge in [0, 0.05) is 25.2 Å². The summed E-state index contributed by atoms with van der Waals surface area (Å²) < 4.78 is 31.7. The number of alkyl halides is 1. The molecule has 0 spiro atoms. The van der Waals surface area contributed by atoms with Crippen LogP contribution in [0.25, 0.3) is 0 Å². The average molecular weight is 504 g/mol. The third-order valence-corrected chi connectivity index (χ3v) is 3.68. The molecule has 0 bridgehead atoms. The fraction of sp³-hybridized carbons (Fsp3) is 0.733. The molecule has 1 fully saturated rings. The second-order valence-corrected chi connectivity index (χ2v) is 6.48. The topological polar surface area (TPSA) is 144 Å². The van der Waals surface area contributed by atoms with Crippen molar-refractivity contribution < 1.29 is 52.7 Å². The second kappa shape index (κ2) is 11.2. The van der Waals surface area contributed by atoms with Crippen LogP contribution in [0.4, 0.5) is 4.79 Å². The van der Waals surface area contributed by atoms with E-state index in [1.165, 1.54) is 0 Å². The number of hydrogen-bond donors (Lipinski definition) is 1. The maximum Gasteiger partial charge on any atom is 0.506 e. The number of carbonyl (C=O) groups is 4. The molecule has 1 saturated heterocycles. The minimum Gasteiger partial charge on any atom is -0.463 e. The summed E-state index contributed by atoms with van der Waals surface area (Å²) in [6.45, 7) is 3.20. The molecule has 0 unspecified atom stereocenters. The summed E-state index contributed by atoms with van der Waals surface area (Å²) in [4.78, 5) is 45.2. The predicted octanol–water partition coefficient (Wildman–Crippen LogP) is 0.653. The molecule has 1 rings (SSSR count). The molecular formula is C15H21IO11. The van der Waals surface area contributed by atoms with Gasteiger partial charge in [0.05, 0.1) is 6.61 Å². The zero-order chi connectivity index (χ0) is 20.6. The van der Waals surface area contributed by atoms with Gasteiger partial charge in [-0.3, -0.25) is 14.4 Å². The van der Waals surface area contributed by atoms with E-state index in [2.05, 4.69) is 0 Å². The molecular weight excluding hydrogens is 483 g/mol. The van der Waals surface area contributed by atoms with Crippen molar-refractivity contribution in [1.82, 2.24) is 0 Å². The number of hydrogen-bond acceptors (Lipinski definition) is 10. The molecule has 0 aromatic carbocycles. The van der Waals surface area contributed by atoms with Crippen LogP contribution in [0.3, 0.4) is 0 Å². The maximum absolute atomic E-state index is 11.5. The normalized spacial score (nSPS) is 27.3. The first-order valence-electron chi connectivity index (χ1n) is 7.86. The third kappa shape index (κ3) is 7.84. The van der Waals surface area contributed by atoms with E-state index in [9.17, 15) is 19.2 Å². The van der Waals surface area contributed by atoms with Gasteiger partial charge in [0.1, 0.15) is 12.7 Å². The SMILES string of the molecule is CC(=O)OC[C@H]1O[C@@H](OCCI)[C@H](OC(C)=O)[C@@H](OC(C)=O)[C@@H]1OC(=O)O. The van der Waals surface area contributed by atoms with Crippen molar-refractivity contribution in [1.29, 1.82) is 0 Å². The first-order chi connectivity index (χ1) is 12.6. The lowest BCUT2D eigenvalue weighted by molar-refractivity contribution is -0.305. The van der Waals surface area contributed by atoms with Gasteiger partial charge in [0.2, 0.25) is 0 Å². The molecule has 1 N–H and O–H groups in total. The standard InChI is InChI=1S/C15H21IO11/c1-7(17)23-6-10-11(27-15(20)21)12(24-8(2)18)13(25-9(3)19)14(26-10)22-5-4-16/h10-14H,4-6H2,1-3H3,(H,20,21)/t10-,11-,12+,13-,14-/m1/s1. The minimum atomic E-state index is -1.68. The maximum atomic E-state index is 11.5. The highest BCUT2D eigenvalue weighted by Gasteiger charge is 2.53. The summed E-state index contributed by atoms with van der Waals surface area (Å²) in [5.41, 5.74) is 0. The highest BCUT2D eigenvalue weighted by Crippen LogP contribution is 2.29. The fourth-order valence-electron chi connectivity index (χ4n) is 2.41. The Morgan fingerprint density at radius 1 is 0.926 bits per heavy atom. The molecule has 12 heteroatoms. The Morgan fingerprint density at radius 2 is 1.52 bits per heavy atom. The van der Waals surface area contributed by atoms with E-state index in [1.54, 1.807) is 0 Å². The Hall–Kier alpha value is -1.67. The lowest BCUT2D eigenvalue weighted by Gasteiger charge is -2.43. The van der Waals surface area contributed by atoms with Crippen LogP contribution in [-0.2, 0) is 42.8 Å². The summed E-state index contributed by atoms with van der Waals surface area (Å²) in [6.07, 6.45) is -8.10. The number of halogens is 1. The van der Waals surface area contributed by atoms with E-state index in [1.807, 2.05) is 22.6 Å². The molecule has 0 saturated carbocycles. The monoisotopic (exact) mass is 504 g/mol. The van der Waals surface area contributed by atoms with Crippen LogP contribution >= 0.6 is 22.6 Å². The summed E-state index contributed by atoms with van der Waals surface area (Å²) in [6, 6.07) is 0. The smallest absolute Gasteiger partial charge is 0.463 e. The van der Waals surface area contributed by atoms with Gasteiger partial charge in [0.15, 0.2) is 24.6 Å². The van der Waals surface area contributed by atoms with Crippen molar-refractivity contribution in [2.45, 2.75) is 51.5 Å². The number of carbonyl (C=O) groups excluding carboxylic acids is 3. The average Bonchev–Trinajstić information content (AvgIpc) is 2.54. The van der Waals surface area contributed by atoms with Gasteiger partial charge in [-0.25, -0.2) is 4.79 Å². The van der Waals surface area contributed by atoms with Crippen molar-refractivity contribution in [2.24, 2.45) is 0 Å². The molecule has 1 heterocycles. The van der Waals surface area contributed by atoms with Gasteiger partial charge in [-0.15, -0.1) is 0 Å². The van der Waals surface area contributed by atoms with E-state index in [0.29, 0.717) is 4.43 Å². The first kappa shape index (κ1) is 23.4. The molecule has 0 aliphatic carbocycles. The Kier molecular flexibility index (Phi) is 9.73. The van der Waals surface area contributed by atoms with Gasteiger partial charge >= 0.3 is 24.1 Å². The number of rotatable bonds is 8. The van der Waals surface area contributed by atoms with Gasteiger partial charge in [-0.05, 0) is 0 Å². The van der Waals surface area contributed by atoms with Crippen LogP contribution in [0, 0.1) is 0 Å². The van der Waals surface area contributed by atoms with Crippen molar-refractivity contribution in [2.75, 3.05) is 17.6 Å². The molecule has 154 valence electrons. The van der Waals surface area contributed by atoms with Crippen LogP contribution in [0.15, 0.2) is 0 Å². The van der Waals surface area contributed by atoms with Gasteiger partial charge in [-0.1, -0.05) is 22.6 Å². The summed E-state index contributed by atoms with van der Waals surface area (Å²) in [5, 5.41) is 9.02. The van der Waals surface area contributed by atoms with Crippen molar-refractivity contribution in [3.63, 3.8) is 0 Å². The van der Waals surface area contributed by atoms with E-state index >= 15 is 0 Å². The quantitative estimate of drug-likeness (QED) is 0.215. The Bertz CT molecular complexity index is 552. The predicted molar refractivity (Wildman–Crippen MR) is 94.1 cm³/mol. The van der Waals surface area contributed by atoms with Crippen LogP contribution < -0.4 is 0 Å². The minimum absolute atomic E-state index is 0.209. The Balaban J connectivity index is 3.22. The van der Waals surface area contributed by atoms with Crippen molar-refractivity contribution >= 4 is 46.7 Å². The first-order valence-corrected chi connectivity index (χ1v) is 9.38. The molecule has 11 nitrogen and oxygen atoms in total. The molecule has 27 heavy (non-hydrogen) atoms. The lowest BCUT2D eigenvalue weighted by atomic mass is 9.98. The number of carboxylic acid groups (broad SMARTS) is 1. The number of ether oxygens (including phenoxy) is 6. The van der Waals surface area contributed by atoms with E-state index in [0.717, 1.165) is 20.8 Å². The summed E-state index contributed by atoms with van der Waals surface area (Å²) in [7, 11) is 0. The van der Waals surface area contributed by atoms with Crippen molar-refractivity contribution in [3.8, 4) is 0 Å². The van der Waals surface area contributed by atoms with Gasteiger partial charge in [-0.2, -0.15) is 0 Å². The van der Waals surface area contributed by atoms with Gasteiger partial charge in [0.25, 0.3) is 0 Å². The van der Waals surface area contributed by atoms with E-state index in [-0.39, 0.29) is 13.2 Å². The molecule has 0 aromatic rings. The lowest BCUT2D eigenvalue weighted by Crippen LogP contribution is -2.63. The Labute approximate surface area is 168 Å². The highest BCUT2D eigenvalue weighted by molar-refractivity contribution is 14.1. The second-order valence-electron chi connectivity index (χ2n) is 5.40. The zero-order valence-electron chi connectivity index (χ0n) is 14.9. The largest absolute Gasteiger partial charge is 0.506 e. The van der Waals surface area contributed by atoms with Crippen LogP contribution in [0.5, 0.6) is 0 Å². The summed E-state index contributed by atoms with van der Waals surface area (Å²) >= 11 is 2.05. The highest BCUT2D eigenvalue weighted by atomic mass is 127. The molecule has 5 atom stereocenters. The zero-order valence-corrected chi connectivity index (χ0v) is 17.1. The van der Waals surface area contributed by atoms with Crippen LogP contribution in [-0.4, -0.2) is 77.5 Å². The van der Waals surface area contributed by atoms with Crippen LogP contribution in [0.2, 0.25) is 0 Å². The molecule has 0 radical (unpaired) electrons. The molecule has 1 aliphatic heterocycles. The van der Waals surface area contributed by atoms with Crippen LogP contribution in [0.1, 0.15) is 20.8 Å². The van der Waals surface area contributed by atoms with Crippen molar-refractivity contribution in [3.05, 3.63) is 0 Å². The van der Waals surface area contributed by atoms with E-state index in [4.69, 9.17) is 33.5 Å². The number of esters is 3.